The van der Waals surface area contributed by atoms with E-state index < -0.39 is 6.10 Å². The van der Waals surface area contributed by atoms with Crippen LogP contribution < -0.4 is 10.1 Å². The molecule has 1 aliphatic rings. The van der Waals surface area contributed by atoms with Gasteiger partial charge < -0.3 is 15.2 Å². The zero-order valence-electron chi connectivity index (χ0n) is 10.8. The van der Waals surface area contributed by atoms with Crippen LogP contribution in [0.3, 0.4) is 0 Å². The van der Waals surface area contributed by atoms with Crippen LogP contribution in [0.2, 0.25) is 0 Å². The summed E-state index contributed by atoms with van der Waals surface area (Å²) in [5.74, 6) is 0.883. The minimum absolute atomic E-state index is 0.430. The highest BCUT2D eigenvalue weighted by molar-refractivity contribution is 5.42. The first-order chi connectivity index (χ1) is 8.11. The van der Waals surface area contributed by atoms with Gasteiger partial charge in [-0.3, -0.25) is 0 Å². The molecule has 1 fully saturated rings. The van der Waals surface area contributed by atoms with E-state index in [2.05, 4.69) is 5.32 Å². The summed E-state index contributed by atoms with van der Waals surface area (Å²) in [7, 11) is 1.67. The highest BCUT2D eigenvalue weighted by Crippen LogP contribution is 2.27. The molecule has 1 aromatic carbocycles. The van der Waals surface area contributed by atoms with Gasteiger partial charge in [0.2, 0.25) is 0 Å². The van der Waals surface area contributed by atoms with Crippen LogP contribution in [0.5, 0.6) is 5.75 Å². The number of benzene rings is 1. The molecule has 1 aliphatic carbocycles. The Morgan fingerprint density at radius 2 is 2.06 bits per heavy atom. The number of nitrogens with one attached hydrogen (secondary N) is 1. The predicted molar refractivity (Wildman–Crippen MR) is 68.5 cm³/mol. The standard InChI is InChI=1S/C14H21NO2/c1-9-7-14(17-3)10(2)6-12(9)13(16)8-15-11-4-5-11/h6-7,11,13,15-16H,4-5,8H2,1-3H3. The zero-order chi connectivity index (χ0) is 12.4. The van der Waals surface area contributed by atoms with E-state index in [0.717, 1.165) is 22.4 Å². The van der Waals surface area contributed by atoms with Gasteiger partial charge in [-0.05, 0) is 55.5 Å². The second-order valence-electron chi connectivity index (χ2n) is 4.88. The summed E-state index contributed by atoms with van der Waals surface area (Å²) in [6.07, 6.45) is 2.06. The Kier molecular flexibility index (Phi) is 3.69. The fourth-order valence-corrected chi connectivity index (χ4v) is 2.07. The Bertz CT molecular complexity index is 399. The lowest BCUT2D eigenvalue weighted by Gasteiger charge is -2.17. The maximum Gasteiger partial charge on any atom is 0.122 e. The quantitative estimate of drug-likeness (QED) is 0.821. The molecule has 0 amide bonds. The highest BCUT2D eigenvalue weighted by Gasteiger charge is 2.22. The number of aliphatic hydroxyl groups excluding tert-OH is 1. The predicted octanol–water partition coefficient (Wildman–Crippen LogP) is 2.10. The van der Waals surface area contributed by atoms with Crippen LogP contribution in [0.15, 0.2) is 12.1 Å². The Hall–Kier alpha value is -1.06. The van der Waals surface area contributed by atoms with Gasteiger partial charge in [-0.25, -0.2) is 0 Å². The molecule has 2 N–H and O–H groups in total. The SMILES string of the molecule is COc1cc(C)c(C(O)CNC2CC2)cc1C. The summed E-state index contributed by atoms with van der Waals surface area (Å²) in [6, 6.07) is 4.64. The van der Waals surface area contributed by atoms with Gasteiger partial charge in [0.25, 0.3) is 0 Å². The Balaban J connectivity index is 2.09. The van der Waals surface area contributed by atoms with Crippen molar-refractivity contribution in [3.8, 4) is 5.75 Å². The van der Waals surface area contributed by atoms with Crippen molar-refractivity contribution in [3.63, 3.8) is 0 Å². The molecule has 0 saturated heterocycles. The largest absolute Gasteiger partial charge is 0.496 e. The van der Waals surface area contributed by atoms with Crippen molar-refractivity contribution in [1.29, 1.82) is 0 Å². The molecule has 3 heteroatoms. The van der Waals surface area contributed by atoms with E-state index in [9.17, 15) is 5.11 Å². The summed E-state index contributed by atoms with van der Waals surface area (Å²) < 4.78 is 5.27. The third-order valence-electron chi connectivity index (χ3n) is 3.32. The second kappa shape index (κ2) is 5.07. The lowest BCUT2D eigenvalue weighted by atomic mass is 10.00. The molecule has 94 valence electrons. The summed E-state index contributed by atoms with van der Waals surface area (Å²) in [4.78, 5) is 0. The molecule has 1 saturated carbocycles. The molecule has 0 heterocycles. The van der Waals surface area contributed by atoms with E-state index in [0.29, 0.717) is 12.6 Å². The minimum atomic E-state index is -0.430. The van der Waals surface area contributed by atoms with Gasteiger partial charge in [0.15, 0.2) is 0 Å². The number of aryl methyl sites for hydroxylation is 2. The van der Waals surface area contributed by atoms with E-state index in [1.54, 1.807) is 7.11 Å². The number of hydrogen-bond acceptors (Lipinski definition) is 3. The molecule has 0 aromatic heterocycles. The highest BCUT2D eigenvalue weighted by atomic mass is 16.5. The number of aliphatic hydroxyl groups is 1. The first-order valence-electron chi connectivity index (χ1n) is 6.18. The molecule has 0 radical (unpaired) electrons. The summed E-state index contributed by atoms with van der Waals surface area (Å²) in [5.41, 5.74) is 3.15. The van der Waals surface area contributed by atoms with Crippen LogP contribution in [-0.4, -0.2) is 24.8 Å². The fraction of sp³-hybridized carbons (Fsp3) is 0.571. The third-order valence-corrected chi connectivity index (χ3v) is 3.32. The van der Waals surface area contributed by atoms with Crippen LogP contribution in [-0.2, 0) is 0 Å². The van der Waals surface area contributed by atoms with E-state index in [4.69, 9.17) is 4.74 Å². The zero-order valence-corrected chi connectivity index (χ0v) is 10.8. The van der Waals surface area contributed by atoms with Crippen LogP contribution >= 0.6 is 0 Å². The molecule has 0 aliphatic heterocycles. The van der Waals surface area contributed by atoms with Gasteiger partial charge >= 0.3 is 0 Å². The topological polar surface area (TPSA) is 41.5 Å². The van der Waals surface area contributed by atoms with E-state index in [1.165, 1.54) is 12.8 Å². The average molecular weight is 235 g/mol. The van der Waals surface area contributed by atoms with E-state index in [1.807, 2.05) is 26.0 Å². The third kappa shape index (κ3) is 2.99. The first-order valence-corrected chi connectivity index (χ1v) is 6.18. The molecule has 2 rings (SSSR count). The smallest absolute Gasteiger partial charge is 0.122 e. The minimum Gasteiger partial charge on any atom is -0.496 e. The molecule has 17 heavy (non-hydrogen) atoms. The normalized spacial score (nSPS) is 16.9. The lowest BCUT2D eigenvalue weighted by molar-refractivity contribution is 0.173. The van der Waals surface area contributed by atoms with E-state index >= 15 is 0 Å². The second-order valence-corrected chi connectivity index (χ2v) is 4.88. The monoisotopic (exact) mass is 235 g/mol. The van der Waals surface area contributed by atoms with Gasteiger partial charge in [-0.15, -0.1) is 0 Å². The van der Waals surface area contributed by atoms with Crippen LogP contribution in [0.4, 0.5) is 0 Å². The molecule has 0 bridgehead atoms. The van der Waals surface area contributed by atoms with Crippen molar-refractivity contribution in [2.75, 3.05) is 13.7 Å². The van der Waals surface area contributed by atoms with Crippen molar-refractivity contribution in [3.05, 3.63) is 28.8 Å². The molecular weight excluding hydrogens is 214 g/mol. The molecule has 1 atom stereocenters. The average Bonchev–Trinajstić information content (AvgIpc) is 3.12. The van der Waals surface area contributed by atoms with Crippen LogP contribution in [0, 0.1) is 13.8 Å². The molecular formula is C14H21NO2. The molecule has 3 nitrogen and oxygen atoms in total. The molecule has 1 aromatic rings. The van der Waals surface area contributed by atoms with Gasteiger partial charge in [0.1, 0.15) is 5.75 Å². The summed E-state index contributed by atoms with van der Waals surface area (Å²) >= 11 is 0. The van der Waals surface area contributed by atoms with E-state index in [-0.39, 0.29) is 0 Å². The number of ether oxygens (including phenoxy) is 1. The molecule has 1 unspecified atom stereocenters. The van der Waals surface area contributed by atoms with Crippen molar-refractivity contribution in [2.24, 2.45) is 0 Å². The Morgan fingerprint density at radius 1 is 1.35 bits per heavy atom. The molecule has 0 spiro atoms. The van der Waals surface area contributed by atoms with Gasteiger partial charge in [-0.2, -0.15) is 0 Å². The first kappa shape index (κ1) is 12.4. The van der Waals surface area contributed by atoms with Crippen LogP contribution in [0.25, 0.3) is 0 Å². The van der Waals surface area contributed by atoms with Crippen molar-refractivity contribution in [1.82, 2.24) is 5.32 Å². The van der Waals surface area contributed by atoms with Crippen LogP contribution in [0.1, 0.15) is 35.6 Å². The number of rotatable bonds is 5. The lowest BCUT2D eigenvalue weighted by Crippen LogP contribution is -2.23. The van der Waals surface area contributed by atoms with Gasteiger partial charge in [0.05, 0.1) is 13.2 Å². The van der Waals surface area contributed by atoms with Gasteiger partial charge in [-0.1, -0.05) is 0 Å². The fourth-order valence-electron chi connectivity index (χ4n) is 2.07. The maximum atomic E-state index is 10.2. The van der Waals surface area contributed by atoms with Crippen molar-refractivity contribution in [2.45, 2.75) is 38.8 Å². The number of hydrogen-bond donors (Lipinski definition) is 2. The Labute approximate surface area is 103 Å². The Morgan fingerprint density at radius 3 is 2.65 bits per heavy atom. The van der Waals surface area contributed by atoms with Gasteiger partial charge in [0, 0.05) is 12.6 Å². The summed E-state index contributed by atoms with van der Waals surface area (Å²) in [6.45, 7) is 4.65. The maximum absolute atomic E-state index is 10.2. The summed E-state index contributed by atoms with van der Waals surface area (Å²) in [5, 5.41) is 13.5. The van der Waals surface area contributed by atoms with Crippen molar-refractivity contribution < 1.29 is 9.84 Å². The van der Waals surface area contributed by atoms with Crippen molar-refractivity contribution >= 4 is 0 Å². The number of methoxy groups -OCH3 is 1.